The highest BCUT2D eigenvalue weighted by Gasteiger charge is 2.62. The maximum Gasteiger partial charge on any atom is 0.337 e. The Bertz CT molecular complexity index is 584. The number of carboxylic acids is 1. The molecule has 2 fully saturated rings. The zero-order valence-electron chi connectivity index (χ0n) is 13.1. The van der Waals surface area contributed by atoms with Gasteiger partial charge in [0.15, 0.2) is 0 Å². The van der Waals surface area contributed by atoms with Gasteiger partial charge in [-0.2, -0.15) is 0 Å². The molecule has 3 nitrogen and oxygen atoms in total. The zero-order valence-corrected chi connectivity index (χ0v) is 13.1. The second-order valence-corrected chi connectivity index (χ2v) is 7.63. The van der Waals surface area contributed by atoms with Crippen molar-refractivity contribution in [2.24, 2.45) is 16.7 Å². The molecule has 1 aromatic heterocycles. The van der Waals surface area contributed by atoms with E-state index in [0.29, 0.717) is 16.9 Å². The van der Waals surface area contributed by atoms with E-state index in [1.54, 1.807) is 0 Å². The van der Waals surface area contributed by atoms with Crippen LogP contribution in [0.1, 0.15) is 73.3 Å². The highest BCUT2D eigenvalue weighted by molar-refractivity contribution is 5.91. The van der Waals surface area contributed by atoms with Crippen molar-refractivity contribution in [2.75, 3.05) is 0 Å². The molecule has 0 spiro atoms. The smallest absolute Gasteiger partial charge is 0.337 e. The summed E-state index contributed by atoms with van der Waals surface area (Å²) in [6, 6.07) is 0. The highest BCUT2D eigenvalue weighted by atomic mass is 16.4. The molecule has 2 N–H and O–H groups in total. The fraction of sp³-hybridized carbons (Fsp3) is 0.706. The Balaban J connectivity index is 2.09. The molecule has 2 bridgehead atoms. The Morgan fingerprint density at radius 1 is 1.30 bits per heavy atom. The molecule has 1 aromatic rings. The minimum absolute atomic E-state index is 0.287. The van der Waals surface area contributed by atoms with Crippen LogP contribution in [0.3, 0.4) is 0 Å². The largest absolute Gasteiger partial charge is 0.478 e. The van der Waals surface area contributed by atoms with Gasteiger partial charge in [-0.05, 0) is 55.4 Å². The van der Waals surface area contributed by atoms with E-state index in [0.717, 1.165) is 17.2 Å². The Kier molecular flexibility index (Phi) is 2.67. The zero-order chi connectivity index (χ0) is 14.9. The fourth-order valence-corrected chi connectivity index (χ4v) is 5.08. The SMILES string of the molecule is Cc1[nH]c(C2CC3CCC2(C)C3(C)C)c(C)c1C(=O)O. The number of rotatable bonds is 2. The molecular weight excluding hydrogens is 250 g/mol. The van der Waals surface area contributed by atoms with Crippen LogP contribution < -0.4 is 0 Å². The van der Waals surface area contributed by atoms with Crippen LogP contribution >= 0.6 is 0 Å². The topological polar surface area (TPSA) is 53.1 Å². The number of carboxylic acid groups (broad SMARTS) is 1. The molecular formula is C17H25NO2. The number of aromatic nitrogens is 1. The van der Waals surface area contributed by atoms with Gasteiger partial charge in [0.2, 0.25) is 0 Å². The Morgan fingerprint density at radius 2 is 1.95 bits per heavy atom. The summed E-state index contributed by atoms with van der Waals surface area (Å²) in [5, 5.41) is 9.38. The van der Waals surface area contributed by atoms with E-state index in [1.165, 1.54) is 25.0 Å². The van der Waals surface area contributed by atoms with Crippen LogP contribution in [0.2, 0.25) is 0 Å². The first-order valence-corrected chi connectivity index (χ1v) is 7.62. The molecule has 0 saturated heterocycles. The Labute approximate surface area is 120 Å². The molecule has 0 radical (unpaired) electrons. The van der Waals surface area contributed by atoms with Crippen LogP contribution in [0.5, 0.6) is 0 Å². The molecule has 3 atom stereocenters. The molecule has 1 heterocycles. The van der Waals surface area contributed by atoms with Gasteiger partial charge in [-0.3, -0.25) is 0 Å². The first-order valence-electron chi connectivity index (χ1n) is 7.62. The van der Waals surface area contributed by atoms with Crippen LogP contribution in [-0.4, -0.2) is 16.1 Å². The molecule has 0 aromatic carbocycles. The molecule has 2 aliphatic rings. The van der Waals surface area contributed by atoms with E-state index in [9.17, 15) is 9.90 Å². The standard InChI is InChI=1S/C17H25NO2/c1-9-13(15(19)20)10(2)18-14(9)12-8-11-6-7-17(12,5)16(11,3)4/h11-12,18H,6-8H2,1-5H3,(H,19,20). The van der Waals surface area contributed by atoms with Gasteiger partial charge in [-0.1, -0.05) is 20.8 Å². The van der Waals surface area contributed by atoms with Crippen molar-refractivity contribution in [3.8, 4) is 0 Å². The van der Waals surface area contributed by atoms with Gasteiger partial charge in [-0.15, -0.1) is 0 Å². The van der Waals surface area contributed by atoms with Crippen LogP contribution in [0.25, 0.3) is 0 Å². The molecule has 20 heavy (non-hydrogen) atoms. The normalized spacial score (nSPS) is 34.6. The minimum Gasteiger partial charge on any atom is -0.478 e. The first kappa shape index (κ1) is 13.7. The van der Waals surface area contributed by atoms with Gasteiger partial charge in [-0.25, -0.2) is 4.79 Å². The third-order valence-corrected chi connectivity index (χ3v) is 6.83. The van der Waals surface area contributed by atoms with Crippen molar-refractivity contribution >= 4 is 5.97 Å². The van der Waals surface area contributed by atoms with Crippen molar-refractivity contribution in [1.29, 1.82) is 0 Å². The molecule has 3 unspecified atom stereocenters. The Morgan fingerprint density at radius 3 is 2.35 bits per heavy atom. The second-order valence-electron chi connectivity index (χ2n) is 7.63. The van der Waals surface area contributed by atoms with Crippen LogP contribution in [0.4, 0.5) is 0 Å². The molecule has 0 aliphatic heterocycles. The van der Waals surface area contributed by atoms with Crippen LogP contribution in [0.15, 0.2) is 0 Å². The minimum atomic E-state index is -0.810. The first-order chi connectivity index (χ1) is 9.20. The third kappa shape index (κ3) is 1.44. The Hall–Kier alpha value is -1.25. The van der Waals surface area contributed by atoms with Crippen molar-refractivity contribution in [3.05, 3.63) is 22.5 Å². The summed E-state index contributed by atoms with van der Waals surface area (Å²) in [6.45, 7) is 11.0. The highest BCUT2D eigenvalue weighted by Crippen LogP contribution is 2.71. The molecule has 2 saturated carbocycles. The molecule has 2 aliphatic carbocycles. The quantitative estimate of drug-likeness (QED) is 0.847. The van der Waals surface area contributed by atoms with E-state index in [-0.39, 0.29) is 5.41 Å². The van der Waals surface area contributed by atoms with E-state index in [1.807, 2.05) is 13.8 Å². The average Bonchev–Trinajstić information content (AvgIpc) is 2.82. The number of hydrogen-bond donors (Lipinski definition) is 2. The lowest BCUT2D eigenvalue weighted by Gasteiger charge is -2.39. The van der Waals surface area contributed by atoms with E-state index in [4.69, 9.17) is 0 Å². The maximum atomic E-state index is 11.4. The average molecular weight is 275 g/mol. The number of aromatic carboxylic acids is 1. The van der Waals surface area contributed by atoms with Crippen molar-refractivity contribution in [1.82, 2.24) is 4.98 Å². The third-order valence-electron chi connectivity index (χ3n) is 6.83. The molecule has 110 valence electrons. The summed E-state index contributed by atoms with van der Waals surface area (Å²) in [4.78, 5) is 14.8. The van der Waals surface area contributed by atoms with E-state index < -0.39 is 5.97 Å². The molecule has 0 amide bonds. The number of aryl methyl sites for hydroxylation is 1. The summed E-state index contributed by atoms with van der Waals surface area (Å²) in [6.07, 6.45) is 3.78. The van der Waals surface area contributed by atoms with Crippen molar-refractivity contribution < 1.29 is 9.90 Å². The summed E-state index contributed by atoms with van der Waals surface area (Å²) < 4.78 is 0. The maximum absolute atomic E-state index is 11.4. The lowest BCUT2D eigenvalue weighted by atomic mass is 9.65. The van der Waals surface area contributed by atoms with E-state index in [2.05, 4.69) is 25.8 Å². The number of hydrogen-bond acceptors (Lipinski definition) is 1. The van der Waals surface area contributed by atoms with Gasteiger partial charge in [0.25, 0.3) is 0 Å². The van der Waals surface area contributed by atoms with Gasteiger partial charge in [0.1, 0.15) is 0 Å². The molecule has 3 heteroatoms. The number of H-pyrrole nitrogens is 1. The van der Waals surface area contributed by atoms with Crippen molar-refractivity contribution in [3.63, 3.8) is 0 Å². The molecule has 3 rings (SSSR count). The van der Waals surface area contributed by atoms with Crippen LogP contribution in [0, 0.1) is 30.6 Å². The van der Waals surface area contributed by atoms with Gasteiger partial charge in [0.05, 0.1) is 5.56 Å². The predicted octanol–water partition coefficient (Wildman–Crippen LogP) is 4.26. The van der Waals surface area contributed by atoms with Crippen molar-refractivity contribution in [2.45, 2.75) is 59.8 Å². The number of fused-ring (bicyclic) bond motifs is 2. The van der Waals surface area contributed by atoms with Gasteiger partial charge in [0, 0.05) is 17.3 Å². The van der Waals surface area contributed by atoms with Gasteiger partial charge < -0.3 is 10.1 Å². The number of aromatic amines is 1. The summed E-state index contributed by atoms with van der Waals surface area (Å²) in [5.74, 6) is 0.437. The lowest BCUT2D eigenvalue weighted by molar-refractivity contribution is 0.0695. The number of carbonyl (C=O) groups is 1. The summed E-state index contributed by atoms with van der Waals surface area (Å²) in [7, 11) is 0. The van der Waals surface area contributed by atoms with E-state index >= 15 is 0 Å². The predicted molar refractivity (Wildman–Crippen MR) is 79.2 cm³/mol. The second kappa shape index (κ2) is 3.90. The van der Waals surface area contributed by atoms with Gasteiger partial charge >= 0.3 is 5.97 Å². The lowest BCUT2D eigenvalue weighted by Crippen LogP contribution is -2.31. The summed E-state index contributed by atoms with van der Waals surface area (Å²) in [5.41, 5.74) is 4.04. The van der Waals surface area contributed by atoms with Crippen LogP contribution in [-0.2, 0) is 0 Å². The fourth-order valence-electron chi connectivity index (χ4n) is 5.08. The number of nitrogens with one attached hydrogen (secondary N) is 1. The monoisotopic (exact) mass is 275 g/mol. The summed E-state index contributed by atoms with van der Waals surface area (Å²) >= 11 is 0.